The molecule has 0 radical (unpaired) electrons. The maximum Gasteiger partial charge on any atom is 0.118 e. The largest absolute Gasteiger partial charge is 0.508 e. The molecule has 0 saturated carbocycles. The number of rotatable bonds is 3. The molecule has 0 saturated heterocycles. The van der Waals surface area contributed by atoms with Crippen molar-refractivity contribution in [1.29, 1.82) is 0 Å². The van der Waals surface area contributed by atoms with Crippen molar-refractivity contribution in [1.82, 2.24) is 0 Å². The Bertz CT molecular complexity index is 323. The number of phenols is 1. The zero-order valence-corrected chi connectivity index (χ0v) is 8.40. The molecular weight excluding hydrogens is 182 g/mol. The fraction of sp³-hybridized carbons (Fsp3) is 0.300. The van der Waals surface area contributed by atoms with E-state index < -0.39 is 0 Å². The second kappa shape index (κ2) is 4.23. The van der Waals surface area contributed by atoms with Crippen LogP contribution in [0.4, 0.5) is 0 Å². The molecule has 0 aromatic heterocycles. The van der Waals surface area contributed by atoms with Crippen molar-refractivity contribution in [3.63, 3.8) is 0 Å². The van der Waals surface area contributed by atoms with Crippen LogP contribution in [-0.2, 0) is 6.42 Å². The number of aryl methyl sites for hydroxylation is 2. The summed E-state index contributed by atoms with van der Waals surface area (Å²) in [5.74, 6) is 0.321. The number of hydrogen-bond donors (Lipinski definition) is 2. The van der Waals surface area contributed by atoms with Gasteiger partial charge in [0.25, 0.3) is 0 Å². The van der Waals surface area contributed by atoms with Gasteiger partial charge in [-0.25, -0.2) is 0 Å². The second-order valence-corrected chi connectivity index (χ2v) is 3.62. The first kappa shape index (κ1) is 9.99. The first-order chi connectivity index (χ1) is 6.09. The van der Waals surface area contributed by atoms with Crippen molar-refractivity contribution >= 4 is 17.2 Å². The van der Waals surface area contributed by atoms with Crippen molar-refractivity contribution in [2.24, 2.45) is 5.73 Å². The van der Waals surface area contributed by atoms with E-state index in [1.54, 1.807) is 6.07 Å². The number of aromatic hydroxyl groups is 1. The van der Waals surface area contributed by atoms with E-state index in [-0.39, 0.29) is 0 Å². The third kappa shape index (κ3) is 3.03. The summed E-state index contributed by atoms with van der Waals surface area (Å²) in [7, 11) is 0. The molecule has 3 heteroatoms. The molecule has 0 aliphatic carbocycles. The fourth-order valence-corrected chi connectivity index (χ4v) is 1.27. The minimum atomic E-state index is 0.321. The monoisotopic (exact) mass is 195 g/mol. The van der Waals surface area contributed by atoms with E-state index in [0.717, 1.165) is 11.1 Å². The number of benzene rings is 1. The topological polar surface area (TPSA) is 46.2 Å². The van der Waals surface area contributed by atoms with Crippen molar-refractivity contribution in [2.45, 2.75) is 19.8 Å². The van der Waals surface area contributed by atoms with Gasteiger partial charge in [-0.1, -0.05) is 29.9 Å². The molecule has 2 nitrogen and oxygen atoms in total. The quantitative estimate of drug-likeness (QED) is 0.724. The average Bonchev–Trinajstić information content (AvgIpc) is 2.06. The first-order valence-electron chi connectivity index (χ1n) is 4.16. The molecule has 3 N–H and O–H groups in total. The molecule has 0 bridgehead atoms. The van der Waals surface area contributed by atoms with Gasteiger partial charge in [0.2, 0.25) is 0 Å². The molecule has 13 heavy (non-hydrogen) atoms. The van der Waals surface area contributed by atoms with E-state index in [0.29, 0.717) is 23.6 Å². The number of thiocarbonyl (C=S) groups is 1. The van der Waals surface area contributed by atoms with Crippen LogP contribution in [0.3, 0.4) is 0 Å². The molecule has 0 aliphatic heterocycles. The van der Waals surface area contributed by atoms with Gasteiger partial charge in [-0.05, 0) is 25.0 Å². The van der Waals surface area contributed by atoms with Gasteiger partial charge in [-0.2, -0.15) is 0 Å². The minimum Gasteiger partial charge on any atom is -0.508 e. The van der Waals surface area contributed by atoms with Crippen LogP contribution in [0.2, 0.25) is 0 Å². The van der Waals surface area contributed by atoms with Gasteiger partial charge in [0.05, 0.1) is 4.99 Å². The number of hydrogen-bond acceptors (Lipinski definition) is 2. The lowest BCUT2D eigenvalue weighted by Gasteiger charge is -2.04. The fourth-order valence-electron chi connectivity index (χ4n) is 1.17. The Labute approximate surface area is 83.4 Å². The van der Waals surface area contributed by atoms with Crippen LogP contribution in [0.5, 0.6) is 5.75 Å². The first-order valence-corrected chi connectivity index (χ1v) is 4.57. The smallest absolute Gasteiger partial charge is 0.118 e. The number of phenolic OH excluding ortho intramolecular Hbond substituents is 1. The van der Waals surface area contributed by atoms with E-state index >= 15 is 0 Å². The van der Waals surface area contributed by atoms with Crippen LogP contribution >= 0.6 is 12.2 Å². The van der Waals surface area contributed by atoms with Crippen molar-refractivity contribution in [3.05, 3.63) is 29.3 Å². The Morgan fingerprint density at radius 3 is 2.85 bits per heavy atom. The lowest BCUT2D eigenvalue weighted by molar-refractivity contribution is 0.468. The summed E-state index contributed by atoms with van der Waals surface area (Å²) in [6.45, 7) is 1.99. The van der Waals surface area contributed by atoms with Crippen molar-refractivity contribution in [2.75, 3.05) is 0 Å². The normalized spacial score (nSPS) is 9.92. The molecule has 0 aliphatic rings. The second-order valence-electron chi connectivity index (χ2n) is 3.10. The lowest BCUT2D eigenvalue weighted by Crippen LogP contribution is -2.08. The van der Waals surface area contributed by atoms with Crippen LogP contribution in [0.25, 0.3) is 0 Å². The lowest BCUT2D eigenvalue weighted by atomic mass is 10.1. The third-order valence-corrected chi connectivity index (χ3v) is 2.08. The summed E-state index contributed by atoms with van der Waals surface area (Å²) < 4.78 is 0. The van der Waals surface area contributed by atoms with Gasteiger partial charge >= 0.3 is 0 Å². The van der Waals surface area contributed by atoms with E-state index in [9.17, 15) is 5.11 Å². The molecule has 1 rings (SSSR count). The van der Waals surface area contributed by atoms with Gasteiger partial charge in [0.1, 0.15) is 5.75 Å². The average molecular weight is 195 g/mol. The Morgan fingerprint density at radius 2 is 2.23 bits per heavy atom. The highest BCUT2D eigenvalue weighted by molar-refractivity contribution is 7.80. The third-order valence-electron chi connectivity index (χ3n) is 1.88. The highest BCUT2D eigenvalue weighted by Crippen LogP contribution is 2.19. The molecule has 0 atom stereocenters. The maximum absolute atomic E-state index is 9.46. The molecule has 0 amide bonds. The van der Waals surface area contributed by atoms with E-state index in [4.69, 9.17) is 18.0 Å². The highest BCUT2D eigenvalue weighted by atomic mass is 32.1. The molecule has 1 aromatic carbocycles. The molecule has 0 spiro atoms. The van der Waals surface area contributed by atoms with Gasteiger partial charge in [-0.3, -0.25) is 0 Å². The minimum absolute atomic E-state index is 0.321. The summed E-state index contributed by atoms with van der Waals surface area (Å²) >= 11 is 4.77. The van der Waals surface area contributed by atoms with Crippen LogP contribution in [0.1, 0.15) is 17.5 Å². The van der Waals surface area contributed by atoms with Crippen molar-refractivity contribution in [3.8, 4) is 5.75 Å². The zero-order valence-electron chi connectivity index (χ0n) is 7.58. The zero-order chi connectivity index (χ0) is 9.84. The molecule has 70 valence electrons. The van der Waals surface area contributed by atoms with Gasteiger partial charge < -0.3 is 10.8 Å². The van der Waals surface area contributed by atoms with E-state index in [2.05, 4.69) is 0 Å². The Morgan fingerprint density at radius 1 is 1.54 bits per heavy atom. The predicted molar refractivity (Wildman–Crippen MR) is 58.0 cm³/mol. The number of nitrogens with two attached hydrogens (primary N) is 1. The van der Waals surface area contributed by atoms with Crippen LogP contribution < -0.4 is 5.73 Å². The Hall–Kier alpha value is -1.09. The molecule has 0 unspecified atom stereocenters. The van der Waals surface area contributed by atoms with Gasteiger partial charge in [-0.15, -0.1) is 0 Å². The maximum atomic E-state index is 9.46. The summed E-state index contributed by atoms with van der Waals surface area (Å²) in [6.07, 6.45) is 1.36. The van der Waals surface area contributed by atoms with Crippen LogP contribution in [0.15, 0.2) is 18.2 Å². The summed E-state index contributed by atoms with van der Waals surface area (Å²) in [5.41, 5.74) is 7.42. The predicted octanol–water partition coefficient (Wildman–Crippen LogP) is 1.92. The van der Waals surface area contributed by atoms with Crippen molar-refractivity contribution < 1.29 is 5.11 Å². The standard InChI is InChI=1S/C10H13NOS/c1-7-2-4-9(12)8(6-7)3-5-10(11)13/h2,4,6,12H,3,5H2,1H3,(H2,11,13). The molecule has 1 aromatic rings. The molecule has 0 heterocycles. The SMILES string of the molecule is Cc1ccc(O)c(CCC(N)=S)c1. The highest BCUT2D eigenvalue weighted by Gasteiger charge is 2.01. The summed E-state index contributed by atoms with van der Waals surface area (Å²) in [4.78, 5) is 0.487. The molecule has 0 fully saturated rings. The van der Waals surface area contributed by atoms with Crippen LogP contribution in [-0.4, -0.2) is 10.1 Å². The summed E-state index contributed by atoms with van der Waals surface area (Å²) in [6, 6.07) is 5.53. The van der Waals surface area contributed by atoms with E-state index in [1.807, 2.05) is 19.1 Å². The van der Waals surface area contributed by atoms with E-state index in [1.165, 1.54) is 0 Å². The Kier molecular flexibility index (Phi) is 3.25. The van der Waals surface area contributed by atoms with Crippen LogP contribution in [0, 0.1) is 6.92 Å². The van der Waals surface area contributed by atoms with Gasteiger partial charge in [0, 0.05) is 6.42 Å². The molecular formula is C10H13NOS. The summed E-state index contributed by atoms with van der Waals surface area (Å²) in [5, 5.41) is 9.46. The van der Waals surface area contributed by atoms with Gasteiger partial charge in [0.15, 0.2) is 0 Å². The Balaban J connectivity index is 2.75.